The van der Waals surface area contributed by atoms with E-state index in [1.165, 1.54) is 0 Å². The van der Waals surface area contributed by atoms with Crippen molar-refractivity contribution in [2.45, 2.75) is 20.0 Å². The van der Waals surface area contributed by atoms with E-state index < -0.39 is 0 Å². The molecule has 5 heteroatoms. The van der Waals surface area contributed by atoms with E-state index in [-0.39, 0.29) is 18.6 Å². The Hall–Kier alpha value is -0.650. The van der Waals surface area contributed by atoms with Gasteiger partial charge in [-0.2, -0.15) is 0 Å². The summed E-state index contributed by atoms with van der Waals surface area (Å²) in [6, 6.07) is 0. The Morgan fingerprint density at radius 2 is 1.94 bits per heavy atom. The van der Waals surface area contributed by atoms with Gasteiger partial charge in [0.2, 0.25) is 5.91 Å². The molecule has 0 aromatic rings. The number of hydrogen-bond donors (Lipinski definition) is 1. The quantitative estimate of drug-likeness (QED) is 0.695. The third-order valence-corrected chi connectivity index (χ3v) is 2.72. The first-order chi connectivity index (χ1) is 7.63. The zero-order valence-corrected chi connectivity index (χ0v) is 10.2. The summed E-state index contributed by atoms with van der Waals surface area (Å²) in [5.74, 6) is -0.168. The molecule has 0 saturated carbocycles. The van der Waals surface area contributed by atoms with Crippen LogP contribution in [0.1, 0.15) is 13.8 Å². The molecule has 0 aromatic carbocycles. The fourth-order valence-electron chi connectivity index (χ4n) is 1.74. The Labute approximate surface area is 97.0 Å². The Morgan fingerprint density at radius 1 is 1.31 bits per heavy atom. The highest BCUT2D eigenvalue weighted by Crippen LogP contribution is 2.02. The van der Waals surface area contributed by atoms with Gasteiger partial charge < -0.3 is 14.7 Å². The van der Waals surface area contributed by atoms with Gasteiger partial charge in [-0.15, -0.1) is 0 Å². The SMILES string of the molecule is CC(C)OCCN1CCN(C(=O)CO)CC1. The van der Waals surface area contributed by atoms with E-state index in [1.54, 1.807) is 4.90 Å². The van der Waals surface area contributed by atoms with Crippen molar-refractivity contribution in [3.63, 3.8) is 0 Å². The van der Waals surface area contributed by atoms with Gasteiger partial charge in [-0.05, 0) is 13.8 Å². The first-order valence-corrected chi connectivity index (χ1v) is 5.86. The van der Waals surface area contributed by atoms with E-state index in [9.17, 15) is 4.79 Å². The Bertz CT molecular complexity index is 213. The number of piperazine rings is 1. The number of rotatable bonds is 5. The molecule has 94 valence electrons. The average Bonchev–Trinajstić information content (AvgIpc) is 2.28. The summed E-state index contributed by atoms with van der Waals surface area (Å²) < 4.78 is 5.48. The van der Waals surface area contributed by atoms with Gasteiger partial charge in [0.15, 0.2) is 0 Å². The highest BCUT2D eigenvalue weighted by molar-refractivity contribution is 5.77. The lowest BCUT2D eigenvalue weighted by Crippen LogP contribution is -2.50. The van der Waals surface area contributed by atoms with Crippen LogP contribution in [-0.4, -0.2) is 72.9 Å². The largest absolute Gasteiger partial charge is 0.387 e. The van der Waals surface area contributed by atoms with E-state index in [4.69, 9.17) is 9.84 Å². The fourth-order valence-corrected chi connectivity index (χ4v) is 1.74. The van der Waals surface area contributed by atoms with Crippen LogP contribution in [-0.2, 0) is 9.53 Å². The molecule has 1 aliphatic heterocycles. The summed E-state index contributed by atoms with van der Waals surface area (Å²) >= 11 is 0. The van der Waals surface area contributed by atoms with Crippen LogP contribution in [0.3, 0.4) is 0 Å². The first-order valence-electron chi connectivity index (χ1n) is 5.86. The predicted molar refractivity (Wildman–Crippen MR) is 61.2 cm³/mol. The summed E-state index contributed by atoms with van der Waals surface area (Å²) in [6.07, 6.45) is 0.275. The second-order valence-electron chi connectivity index (χ2n) is 4.30. The maximum Gasteiger partial charge on any atom is 0.248 e. The molecular weight excluding hydrogens is 208 g/mol. The van der Waals surface area contributed by atoms with Gasteiger partial charge in [0.25, 0.3) is 0 Å². The zero-order valence-electron chi connectivity index (χ0n) is 10.2. The normalized spacial score (nSPS) is 18.1. The number of ether oxygens (including phenoxy) is 1. The van der Waals surface area contributed by atoms with Crippen molar-refractivity contribution in [2.75, 3.05) is 45.9 Å². The van der Waals surface area contributed by atoms with Crippen LogP contribution in [0, 0.1) is 0 Å². The molecule has 1 fully saturated rings. The summed E-state index contributed by atoms with van der Waals surface area (Å²) in [5.41, 5.74) is 0. The van der Waals surface area contributed by atoms with Gasteiger partial charge in [0.05, 0.1) is 12.7 Å². The summed E-state index contributed by atoms with van der Waals surface area (Å²) in [5, 5.41) is 8.73. The molecule has 0 spiro atoms. The monoisotopic (exact) mass is 230 g/mol. The molecule has 1 heterocycles. The number of amides is 1. The molecule has 0 aliphatic carbocycles. The number of hydrogen-bond acceptors (Lipinski definition) is 4. The van der Waals surface area contributed by atoms with Crippen LogP contribution in [0.15, 0.2) is 0 Å². The topological polar surface area (TPSA) is 53.0 Å². The molecule has 1 rings (SSSR count). The molecule has 1 amide bonds. The lowest BCUT2D eigenvalue weighted by atomic mass is 10.3. The molecule has 0 radical (unpaired) electrons. The highest BCUT2D eigenvalue weighted by atomic mass is 16.5. The third-order valence-electron chi connectivity index (χ3n) is 2.72. The molecular formula is C11H22N2O3. The lowest BCUT2D eigenvalue weighted by Gasteiger charge is -2.34. The van der Waals surface area contributed by atoms with Gasteiger partial charge >= 0.3 is 0 Å². The predicted octanol–water partition coefficient (Wildman–Crippen LogP) is -0.452. The number of nitrogens with zero attached hydrogens (tertiary/aromatic N) is 2. The van der Waals surface area contributed by atoms with E-state index in [0.717, 1.165) is 26.2 Å². The van der Waals surface area contributed by atoms with E-state index in [1.807, 2.05) is 13.8 Å². The minimum atomic E-state index is -0.379. The van der Waals surface area contributed by atoms with Gasteiger partial charge in [-0.1, -0.05) is 0 Å². The number of carbonyl (C=O) groups is 1. The van der Waals surface area contributed by atoms with Crippen LogP contribution >= 0.6 is 0 Å². The van der Waals surface area contributed by atoms with Crippen molar-refractivity contribution < 1.29 is 14.6 Å². The van der Waals surface area contributed by atoms with Crippen molar-refractivity contribution in [1.29, 1.82) is 0 Å². The van der Waals surface area contributed by atoms with Crippen molar-refractivity contribution in [1.82, 2.24) is 9.80 Å². The van der Waals surface area contributed by atoms with E-state index in [0.29, 0.717) is 13.1 Å². The van der Waals surface area contributed by atoms with Crippen LogP contribution < -0.4 is 0 Å². The molecule has 1 N–H and O–H groups in total. The number of carbonyl (C=O) groups excluding carboxylic acids is 1. The zero-order chi connectivity index (χ0) is 12.0. The van der Waals surface area contributed by atoms with E-state index >= 15 is 0 Å². The Kier molecular flexibility index (Phi) is 5.73. The molecule has 0 aromatic heterocycles. The van der Waals surface area contributed by atoms with Crippen LogP contribution in [0.25, 0.3) is 0 Å². The van der Waals surface area contributed by atoms with Crippen LogP contribution in [0.4, 0.5) is 0 Å². The number of aliphatic hydroxyl groups excluding tert-OH is 1. The lowest BCUT2D eigenvalue weighted by molar-refractivity contribution is -0.136. The van der Waals surface area contributed by atoms with Crippen molar-refractivity contribution in [3.8, 4) is 0 Å². The summed E-state index contributed by atoms with van der Waals surface area (Å²) in [6.45, 7) is 8.49. The standard InChI is InChI=1S/C11H22N2O3/c1-10(2)16-8-7-12-3-5-13(6-4-12)11(15)9-14/h10,14H,3-9H2,1-2H3. The van der Waals surface area contributed by atoms with Gasteiger partial charge in [-0.25, -0.2) is 0 Å². The smallest absolute Gasteiger partial charge is 0.248 e. The van der Waals surface area contributed by atoms with Crippen molar-refractivity contribution in [2.24, 2.45) is 0 Å². The molecule has 5 nitrogen and oxygen atoms in total. The first kappa shape index (κ1) is 13.4. The second kappa shape index (κ2) is 6.83. The van der Waals surface area contributed by atoms with Crippen LogP contribution in [0.5, 0.6) is 0 Å². The molecule has 1 saturated heterocycles. The summed E-state index contributed by atoms with van der Waals surface area (Å²) in [4.78, 5) is 15.2. The maximum atomic E-state index is 11.2. The summed E-state index contributed by atoms with van der Waals surface area (Å²) in [7, 11) is 0. The molecule has 0 atom stereocenters. The second-order valence-corrected chi connectivity index (χ2v) is 4.30. The fraction of sp³-hybridized carbons (Fsp3) is 0.909. The van der Waals surface area contributed by atoms with Gasteiger partial charge in [0.1, 0.15) is 6.61 Å². The van der Waals surface area contributed by atoms with Gasteiger partial charge in [0, 0.05) is 32.7 Å². The van der Waals surface area contributed by atoms with Gasteiger partial charge in [-0.3, -0.25) is 9.69 Å². The molecule has 0 unspecified atom stereocenters. The average molecular weight is 230 g/mol. The van der Waals surface area contributed by atoms with Crippen LogP contribution in [0.2, 0.25) is 0 Å². The Morgan fingerprint density at radius 3 is 2.44 bits per heavy atom. The van der Waals surface area contributed by atoms with E-state index in [2.05, 4.69) is 4.90 Å². The minimum Gasteiger partial charge on any atom is -0.387 e. The molecule has 16 heavy (non-hydrogen) atoms. The molecule has 0 bridgehead atoms. The van der Waals surface area contributed by atoms with Crippen molar-refractivity contribution in [3.05, 3.63) is 0 Å². The number of aliphatic hydroxyl groups is 1. The highest BCUT2D eigenvalue weighted by Gasteiger charge is 2.19. The maximum absolute atomic E-state index is 11.2. The minimum absolute atomic E-state index is 0.168. The van der Waals surface area contributed by atoms with Crippen molar-refractivity contribution >= 4 is 5.91 Å². The molecule has 1 aliphatic rings. The Balaban J connectivity index is 2.14. The third kappa shape index (κ3) is 4.47.